The van der Waals surface area contributed by atoms with Gasteiger partial charge in [-0.15, -0.1) is 10.2 Å². The zero-order valence-electron chi connectivity index (χ0n) is 12.4. The van der Waals surface area contributed by atoms with Crippen molar-refractivity contribution in [3.63, 3.8) is 0 Å². The number of anilines is 1. The van der Waals surface area contributed by atoms with Gasteiger partial charge in [0.2, 0.25) is 10.9 Å². The number of nitrogens with zero attached hydrogens (tertiary/aromatic N) is 2. The predicted molar refractivity (Wildman–Crippen MR) is 78.9 cm³/mol. The highest BCUT2D eigenvalue weighted by Gasteiger charge is 2.19. The molecule has 0 bridgehead atoms. The molecule has 1 heterocycles. The molecule has 1 aromatic carbocycles. The van der Waals surface area contributed by atoms with Gasteiger partial charge in [0, 0.05) is 5.56 Å². The molecule has 1 amide bonds. The van der Waals surface area contributed by atoms with Crippen molar-refractivity contribution in [3.05, 3.63) is 22.7 Å². The molecule has 7 nitrogen and oxygen atoms in total. The van der Waals surface area contributed by atoms with Crippen LogP contribution in [0.3, 0.4) is 0 Å². The van der Waals surface area contributed by atoms with Crippen molar-refractivity contribution < 1.29 is 27.8 Å². The Kier molecular flexibility index (Phi) is 5.27. The van der Waals surface area contributed by atoms with Crippen LogP contribution in [0.1, 0.15) is 21.8 Å². The number of carbonyl (C=O) groups excluding carboxylic acids is 1. The number of aromatic nitrogens is 2. The molecule has 0 saturated heterocycles. The molecule has 2 rings (SSSR count). The molecular formula is C13H13F2N3O4S. The van der Waals surface area contributed by atoms with Gasteiger partial charge in [0.25, 0.3) is 12.3 Å². The fourth-order valence-electron chi connectivity index (χ4n) is 1.75. The van der Waals surface area contributed by atoms with Gasteiger partial charge in [-0.3, -0.25) is 10.1 Å². The van der Waals surface area contributed by atoms with Crippen molar-refractivity contribution in [2.45, 2.75) is 6.43 Å². The fraction of sp³-hybridized carbons (Fsp3) is 0.308. The van der Waals surface area contributed by atoms with Crippen LogP contribution in [0.25, 0.3) is 0 Å². The third-order valence-electron chi connectivity index (χ3n) is 2.77. The van der Waals surface area contributed by atoms with E-state index >= 15 is 0 Å². The van der Waals surface area contributed by atoms with Crippen LogP contribution < -0.4 is 19.5 Å². The zero-order chi connectivity index (χ0) is 17.0. The second-order valence-corrected chi connectivity index (χ2v) is 5.12. The van der Waals surface area contributed by atoms with E-state index in [4.69, 9.17) is 14.2 Å². The SMILES string of the molecule is COc1cc(C(=O)Nc2nnc(C(F)F)s2)cc(OC)c1OC. The summed E-state index contributed by atoms with van der Waals surface area (Å²) in [5.41, 5.74) is 0.188. The minimum absolute atomic E-state index is 0.0287. The maximum absolute atomic E-state index is 12.5. The summed E-state index contributed by atoms with van der Waals surface area (Å²) >= 11 is 0.600. The van der Waals surface area contributed by atoms with E-state index < -0.39 is 17.3 Å². The van der Waals surface area contributed by atoms with E-state index in [9.17, 15) is 13.6 Å². The van der Waals surface area contributed by atoms with Gasteiger partial charge in [-0.05, 0) is 12.1 Å². The first-order chi connectivity index (χ1) is 11.0. The van der Waals surface area contributed by atoms with Crippen LogP contribution in [-0.4, -0.2) is 37.4 Å². The third-order valence-corrected chi connectivity index (χ3v) is 3.62. The fourth-order valence-corrected chi connectivity index (χ4v) is 2.35. The van der Waals surface area contributed by atoms with Gasteiger partial charge >= 0.3 is 0 Å². The first-order valence-corrected chi connectivity index (χ1v) is 7.04. The van der Waals surface area contributed by atoms with Crippen molar-refractivity contribution in [3.8, 4) is 17.2 Å². The number of carbonyl (C=O) groups is 1. The standard InChI is InChI=1S/C13H13F2N3O4S/c1-20-7-4-6(5-8(21-2)9(7)22-3)11(19)16-13-18-17-12(23-13)10(14)15/h4-5,10H,1-3H3,(H,16,18,19). The lowest BCUT2D eigenvalue weighted by atomic mass is 10.1. The van der Waals surface area contributed by atoms with E-state index in [-0.39, 0.29) is 10.7 Å². The molecule has 0 spiro atoms. The maximum Gasteiger partial charge on any atom is 0.291 e. The van der Waals surface area contributed by atoms with Crippen molar-refractivity contribution in [2.24, 2.45) is 0 Å². The van der Waals surface area contributed by atoms with Gasteiger partial charge in [-0.1, -0.05) is 11.3 Å². The van der Waals surface area contributed by atoms with Gasteiger partial charge in [0.1, 0.15) is 0 Å². The maximum atomic E-state index is 12.5. The summed E-state index contributed by atoms with van der Waals surface area (Å²) in [7, 11) is 4.27. The number of hydrogen-bond donors (Lipinski definition) is 1. The molecule has 0 unspecified atom stereocenters. The smallest absolute Gasteiger partial charge is 0.291 e. The molecule has 1 aromatic heterocycles. The molecule has 0 saturated carbocycles. The minimum atomic E-state index is -2.74. The summed E-state index contributed by atoms with van der Waals surface area (Å²) < 4.78 is 40.4. The van der Waals surface area contributed by atoms with Gasteiger partial charge < -0.3 is 14.2 Å². The van der Waals surface area contributed by atoms with E-state index in [1.165, 1.54) is 33.5 Å². The Bertz CT molecular complexity index is 683. The first-order valence-electron chi connectivity index (χ1n) is 6.23. The first kappa shape index (κ1) is 16.9. The lowest BCUT2D eigenvalue weighted by Gasteiger charge is -2.13. The Morgan fingerprint density at radius 3 is 2.17 bits per heavy atom. The molecule has 124 valence electrons. The lowest BCUT2D eigenvalue weighted by molar-refractivity contribution is 0.102. The molecule has 23 heavy (non-hydrogen) atoms. The average molecular weight is 345 g/mol. The van der Waals surface area contributed by atoms with Gasteiger partial charge in [0.15, 0.2) is 16.5 Å². The summed E-state index contributed by atoms with van der Waals surface area (Å²) in [6.07, 6.45) is -2.74. The molecule has 1 N–H and O–H groups in total. The summed E-state index contributed by atoms with van der Waals surface area (Å²) in [5, 5.41) is 8.68. The van der Waals surface area contributed by atoms with Crippen molar-refractivity contribution in [2.75, 3.05) is 26.6 Å². The lowest BCUT2D eigenvalue weighted by Crippen LogP contribution is -2.12. The monoisotopic (exact) mass is 345 g/mol. The third kappa shape index (κ3) is 3.65. The van der Waals surface area contributed by atoms with Crippen molar-refractivity contribution in [1.82, 2.24) is 10.2 Å². The second kappa shape index (κ2) is 7.18. The average Bonchev–Trinajstić information content (AvgIpc) is 3.01. The summed E-state index contributed by atoms with van der Waals surface area (Å²) in [5.74, 6) is 0.355. The highest BCUT2D eigenvalue weighted by Crippen LogP contribution is 2.38. The predicted octanol–water partition coefficient (Wildman–Crippen LogP) is 2.75. The van der Waals surface area contributed by atoms with E-state index in [1.807, 2.05) is 0 Å². The molecular weight excluding hydrogens is 332 g/mol. The van der Waals surface area contributed by atoms with E-state index in [0.29, 0.717) is 28.6 Å². The van der Waals surface area contributed by atoms with Crippen LogP contribution in [0.5, 0.6) is 17.2 Å². The van der Waals surface area contributed by atoms with Crippen molar-refractivity contribution in [1.29, 1.82) is 0 Å². The van der Waals surface area contributed by atoms with Crippen LogP contribution >= 0.6 is 11.3 Å². The van der Waals surface area contributed by atoms with E-state index in [2.05, 4.69) is 15.5 Å². The second-order valence-electron chi connectivity index (χ2n) is 4.11. The Hall–Kier alpha value is -2.49. The number of ether oxygens (including phenoxy) is 3. The molecule has 0 atom stereocenters. The number of benzene rings is 1. The largest absolute Gasteiger partial charge is 0.493 e. The molecule has 2 aromatic rings. The number of nitrogens with one attached hydrogen (secondary N) is 1. The molecule has 10 heteroatoms. The molecule has 0 aliphatic carbocycles. The Morgan fingerprint density at radius 1 is 1.13 bits per heavy atom. The highest BCUT2D eigenvalue weighted by molar-refractivity contribution is 7.15. The van der Waals surface area contributed by atoms with Crippen LogP contribution in [-0.2, 0) is 0 Å². The quantitative estimate of drug-likeness (QED) is 0.867. The van der Waals surface area contributed by atoms with Crippen LogP contribution in [0, 0.1) is 0 Å². The summed E-state index contributed by atoms with van der Waals surface area (Å²) in [6, 6.07) is 2.87. The summed E-state index contributed by atoms with van der Waals surface area (Å²) in [6.45, 7) is 0. The number of rotatable bonds is 6. The topological polar surface area (TPSA) is 82.6 Å². The molecule has 0 aliphatic rings. The Balaban J connectivity index is 2.27. The zero-order valence-corrected chi connectivity index (χ0v) is 13.2. The van der Waals surface area contributed by atoms with E-state index in [1.54, 1.807) is 0 Å². The Labute approximate surface area is 134 Å². The normalized spacial score (nSPS) is 10.5. The van der Waals surface area contributed by atoms with Crippen molar-refractivity contribution >= 4 is 22.4 Å². The minimum Gasteiger partial charge on any atom is -0.493 e. The van der Waals surface area contributed by atoms with Gasteiger partial charge in [-0.25, -0.2) is 8.78 Å². The van der Waals surface area contributed by atoms with Crippen LogP contribution in [0.4, 0.5) is 13.9 Å². The van der Waals surface area contributed by atoms with Crippen LogP contribution in [0.15, 0.2) is 12.1 Å². The van der Waals surface area contributed by atoms with Gasteiger partial charge in [0.05, 0.1) is 21.3 Å². The number of alkyl halides is 2. The van der Waals surface area contributed by atoms with Crippen LogP contribution in [0.2, 0.25) is 0 Å². The molecule has 0 aliphatic heterocycles. The van der Waals surface area contributed by atoms with E-state index in [0.717, 1.165) is 0 Å². The summed E-state index contributed by atoms with van der Waals surface area (Å²) in [4.78, 5) is 12.2. The number of hydrogen-bond acceptors (Lipinski definition) is 7. The number of methoxy groups -OCH3 is 3. The number of halogens is 2. The number of amides is 1. The molecule has 0 radical (unpaired) electrons. The highest BCUT2D eigenvalue weighted by atomic mass is 32.1. The molecule has 0 fully saturated rings. The Morgan fingerprint density at radius 2 is 1.74 bits per heavy atom. The van der Waals surface area contributed by atoms with Gasteiger partial charge in [-0.2, -0.15) is 0 Å².